The van der Waals surface area contributed by atoms with Gasteiger partial charge < -0.3 is 16.2 Å². The number of pyridine rings is 1. The summed E-state index contributed by atoms with van der Waals surface area (Å²) in [7, 11) is 0. The summed E-state index contributed by atoms with van der Waals surface area (Å²) in [6, 6.07) is 1.81. The van der Waals surface area contributed by atoms with E-state index in [-0.39, 0.29) is 0 Å². The SMILES string of the molecule is CC1(C)CCC(O)(CNc2ncc(N)cc2Br)CC1. The number of nitrogens with one attached hydrogen (secondary N) is 1. The summed E-state index contributed by atoms with van der Waals surface area (Å²) in [4.78, 5) is 4.23. The lowest BCUT2D eigenvalue weighted by molar-refractivity contribution is -0.0146. The van der Waals surface area contributed by atoms with E-state index >= 15 is 0 Å². The van der Waals surface area contributed by atoms with E-state index in [1.54, 1.807) is 6.20 Å². The number of aliphatic hydroxyl groups is 1. The van der Waals surface area contributed by atoms with E-state index in [1.165, 1.54) is 0 Å². The van der Waals surface area contributed by atoms with Gasteiger partial charge in [0.1, 0.15) is 5.82 Å². The second-order valence-electron chi connectivity index (χ2n) is 6.34. The summed E-state index contributed by atoms with van der Waals surface area (Å²) < 4.78 is 0.826. The third-order valence-electron chi connectivity index (χ3n) is 3.98. The molecule has 1 fully saturated rings. The number of halogens is 1. The molecule has 1 saturated carbocycles. The van der Waals surface area contributed by atoms with Crippen LogP contribution in [0.4, 0.5) is 11.5 Å². The minimum Gasteiger partial charge on any atom is -0.397 e. The Balaban J connectivity index is 1.95. The van der Waals surface area contributed by atoms with Crippen molar-refractivity contribution in [3.8, 4) is 0 Å². The maximum Gasteiger partial charge on any atom is 0.140 e. The van der Waals surface area contributed by atoms with Crippen molar-refractivity contribution >= 4 is 27.4 Å². The van der Waals surface area contributed by atoms with E-state index in [0.717, 1.165) is 36.0 Å². The second-order valence-corrected chi connectivity index (χ2v) is 7.20. The quantitative estimate of drug-likeness (QED) is 0.797. The van der Waals surface area contributed by atoms with Gasteiger partial charge in [0.15, 0.2) is 0 Å². The lowest BCUT2D eigenvalue weighted by Crippen LogP contribution is -2.42. The second kappa shape index (κ2) is 5.29. The van der Waals surface area contributed by atoms with Crippen molar-refractivity contribution in [3.63, 3.8) is 0 Å². The van der Waals surface area contributed by atoms with Gasteiger partial charge in [0.05, 0.1) is 22.0 Å². The van der Waals surface area contributed by atoms with Crippen molar-refractivity contribution < 1.29 is 5.11 Å². The lowest BCUT2D eigenvalue weighted by atomic mass is 9.71. The van der Waals surface area contributed by atoms with Gasteiger partial charge in [-0.3, -0.25) is 0 Å². The highest BCUT2D eigenvalue weighted by molar-refractivity contribution is 9.10. The van der Waals surface area contributed by atoms with Crippen LogP contribution < -0.4 is 11.1 Å². The number of aromatic nitrogens is 1. The van der Waals surface area contributed by atoms with Crippen molar-refractivity contribution in [2.24, 2.45) is 5.41 Å². The van der Waals surface area contributed by atoms with Gasteiger partial charge in [-0.05, 0) is 53.1 Å². The third kappa shape index (κ3) is 3.83. The minimum atomic E-state index is -0.627. The lowest BCUT2D eigenvalue weighted by Gasteiger charge is -2.40. The third-order valence-corrected chi connectivity index (χ3v) is 4.59. The zero-order chi connectivity index (χ0) is 14.1. The fourth-order valence-corrected chi connectivity index (χ4v) is 2.91. The van der Waals surface area contributed by atoms with Crippen molar-refractivity contribution in [1.29, 1.82) is 0 Å². The van der Waals surface area contributed by atoms with Crippen molar-refractivity contribution in [2.75, 3.05) is 17.6 Å². The topological polar surface area (TPSA) is 71.2 Å². The van der Waals surface area contributed by atoms with Gasteiger partial charge in [-0.25, -0.2) is 4.98 Å². The molecule has 4 nitrogen and oxygen atoms in total. The Morgan fingerprint density at radius 1 is 1.37 bits per heavy atom. The molecule has 0 aliphatic heterocycles. The van der Waals surface area contributed by atoms with Gasteiger partial charge in [0, 0.05) is 6.54 Å². The first kappa shape index (κ1) is 14.6. The molecular formula is C14H22BrN3O. The Hall–Kier alpha value is -0.810. The smallest absolute Gasteiger partial charge is 0.140 e. The molecule has 0 spiro atoms. The van der Waals surface area contributed by atoms with E-state index in [2.05, 4.69) is 40.1 Å². The van der Waals surface area contributed by atoms with Crippen molar-refractivity contribution in [3.05, 3.63) is 16.7 Å². The summed E-state index contributed by atoms with van der Waals surface area (Å²) >= 11 is 3.42. The number of hydrogen-bond donors (Lipinski definition) is 3. The van der Waals surface area contributed by atoms with E-state index in [1.807, 2.05) is 6.07 Å². The van der Waals surface area contributed by atoms with E-state index in [0.29, 0.717) is 17.6 Å². The van der Waals surface area contributed by atoms with Crippen LogP contribution in [0.3, 0.4) is 0 Å². The summed E-state index contributed by atoms with van der Waals surface area (Å²) in [5.74, 6) is 0.729. The highest BCUT2D eigenvalue weighted by Crippen LogP contribution is 2.40. The summed E-state index contributed by atoms with van der Waals surface area (Å²) in [6.07, 6.45) is 5.39. The molecule has 0 aromatic carbocycles. The van der Waals surface area contributed by atoms with E-state index in [4.69, 9.17) is 5.73 Å². The highest BCUT2D eigenvalue weighted by atomic mass is 79.9. The van der Waals surface area contributed by atoms with Crippen LogP contribution in [0, 0.1) is 5.41 Å². The van der Waals surface area contributed by atoms with Gasteiger partial charge in [0.25, 0.3) is 0 Å². The van der Waals surface area contributed by atoms with Crippen LogP contribution in [-0.2, 0) is 0 Å². The van der Waals surface area contributed by atoms with Gasteiger partial charge in [-0.15, -0.1) is 0 Å². The fourth-order valence-electron chi connectivity index (χ4n) is 2.40. The predicted octanol–water partition coefficient (Wildman–Crippen LogP) is 3.17. The Labute approximate surface area is 122 Å². The molecular weight excluding hydrogens is 306 g/mol. The van der Waals surface area contributed by atoms with Crippen LogP contribution in [0.5, 0.6) is 0 Å². The largest absolute Gasteiger partial charge is 0.397 e. The number of nitrogen functional groups attached to an aromatic ring is 1. The number of nitrogens with two attached hydrogens (primary N) is 1. The molecule has 2 rings (SSSR count). The van der Waals surface area contributed by atoms with E-state index < -0.39 is 5.60 Å². The van der Waals surface area contributed by atoms with Crippen molar-refractivity contribution in [2.45, 2.75) is 45.1 Å². The molecule has 0 bridgehead atoms. The molecule has 106 valence electrons. The molecule has 1 aliphatic carbocycles. The van der Waals surface area contributed by atoms with E-state index in [9.17, 15) is 5.11 Å². The Bertz CT molecular complexity index is 452. The summed E-state index contributed by atoms with van der Waals surface area (Å²) in [5.41, 5.74) is 6.00. The average molecular weight is 328 g/mol. The van der Waals surface area contributed by atoms with Gasteiger partial charge >= 0.3 is 0 Å². The molecule has 0 unspecified atom stereocenters. The molecule has 0 saturated heterocycles. The molecule has 4 N–H and O–H groups in total. The fraction of sp³-hybridized carbons (Fsp3) is 0.643. The van der Waals surface area contributed by atoms with Crippen LogP contribution in [-0.4, -0.2) is 22.2 Å². The molecule has 1 aromatic heterocycles. The molecule has 0 amide bonds. The zero-order valence-electron chi connectivity index (χ0n) is 11.5. The molecule has 0 radical (unpaired) electrons. The Kier molecular flexibility index (Phi) is 4.06. The zero-order valence-corrected chi connectivity index (χ0v) is 13.1. The first-order valence-electron chi connectivity index (χ1n) is 6.67. The van der Waals surface area contributed by atoms with Crippen LogP contribution in [0.1, 0.15) is 39.5 Å². The van der Waals surface area contributed by atoms with Crippen LogP contribution in [0.25, 0.3) is 0 Å². The maximum absolute atomic E-state index is 10.6. The first-order valence-corrected chi connectivity index (χ1v) is 7.46. The minimum absolute atomic E-state index is 0.353. The molecule has 19 heavy (non-hydrogen) atoms. The van der Waals surface area contributed by atoms with Crippen LogP contribution in [0.15, 0.2) is 16.7 Å². The molecule has 5 heteroatoms. The first-order chi connectivity index (χ1) is 8.80. The van der Waals surface area contributed by atoms with Crippen LogP contribution in [0.2, 0.25) is 0 Å². The summed E-state index contributed by atoms with van der Waals surface area (Å²) in [6.45, 7) is 5.05. The predicted molar refractivity (Wildman–Crippen MR) is 82.0 cm³/mol. The standard InChI is InChI=1S/C14H22BrN3O/c1-13(2)3-5-14(19,6-4-13)9-18-12-11(15)7-10(16)8-17-12/h7-8,19H,3-6,9,16H2,1-2H3,(H,17,18). The Morgan fingerprint density at radius 3 is 2.58 bits per heavy atom. The molecule has 1 heterocycles. The Morgan fingerprint density at radius 2 is 2.00 bits per heavy atom. The van der Waals surface area contributed by atoms with Gasteiger partial charge in [-0.2, -0.15) is 0 Å². The monoisotopic (exact) mass is 327 g/mol. The van der Waals surface area contributed by atoms with Gasteiger partial charge in [0.2, 0.25) is 0 Å². The normalized spacial score (nSPS) is 21.1. The van der Waals surface area contributed by atoms with Gasteiger partial charge in [-0.1, -0.05) is 13.8 Å². The number of rotatable bonds is 3. The average Bonchev–Trinajstić information content (AvgIpc) is 2.33. The van der Waals surface area contributed by atoms with Crippen LogP contribution >= 0.6 is 15.9 Å². The van der Waals surface area contributed by atoms with Crippen molar-refractivity contribution in [1.82, 2.24) is 4.98 Å². The molecule has 1 aliphatic rings. The molecule has 1 aromatic rings. The number of nitrogens with zero attached hydrogens (tertiary/aromatic N) is 1. The summed E-state index contributed by atoms with van der Waals surface area (Å²) in [5, 5.41) is 13.8. The molecule has 0 atom stereocenters. The number of hydrogen-bond acceptors (Lipinski definition) is 4. The number of anilines is 2. The highest BCUT2D eigenvalue weighted by Gasteiger charge is 2.36. The maximum atomic E-state index is 10.6.